The topological polar surface area (TPSA) is 78.4 Å². The molecule has 92 valence electrons. The van der Waals surface area contributed by atoms with Crippen LogP contribution in [0.15, 0.2) is 0 Å². The van der Waals surface area contributed by atoms with E-state index in [2.05, 4.69) is 10.6 Å². The summed E-state index contributed by atoms with van der Waals surface area (Å²) in [5, 5.41) is 14.4. The van der Waals surface area contributed by atoms with Crippen LogP contribution in [0.5, 0.6) is 0 Å². The van der Waals surface area contributed by atoms with E-state index in [9.17, 15) is 9.59 Å². The lowest BCUT2D eigenvalue weighted by atomic mass is 9.97. The summed E-state index contributed by atoms with van der Waals surface area (Å²) in [6, 6.07) is 0.0372. The molecule has 2 amide bonds. The minimum absolute atomic E-state index is 0.0136. The summed E-state index contributed by atoms with van der Waals surface area (Å²) in [5.74, 6) is -0.114. The molecule has 0 spiro atoms. The Morgan fingerprint density at radius 3 is 2.94 bits per heavy atom. The van der Waals surface area contributed by atoms with Crippen molar-refractivity contribution < 1.29 is 14.7 Å². The highest BCUT2D eigenvalue weighted by molar-refractivity contribution is 5.83. The van der Waals surface area contributed by atoms with Gasteiger partial charge in [-0.1, -0.05) is 6.92 Å². The molecule has 0 aromatic carbocycles. The third-order valence-electron chi connectivity index (χ3n) is 2.95. The van der Waals surface area contributed by atoms with Gasteiger partial charge in [0, 0.05) is 25.6 Å². The standard InChI is InChI=1S/C11H20N2O3/c1-2-9(5-6-14)13-11(16)8-3-4-10(15)12-7-8/h8-9,14H,2-7H2,1H3,(H,12,15)(H,13,16). The average molecular weight is 228 g/mol. The Morgan fingerprint density at radius 2 is 2.44 bits per heavy atom. The summed E-state index contributed by atoms with van der Waals surface area (Å²) >= 11 is 0. The summed E-state index contributed by atoms with van der Waals surface area (Å²) < 4.78 is 0. The molecule has 0 saturated carbocycles. The predicted molar refractivity (Wildman–Crippen MR) is 59.7 cm³/mol. The number of carbonyl (C=O) groups is 2. The largest absolute Gasteiger partial charge is 0.396 e. The first kappa shape index (κ1) is 13.0. The molecule has 5 nitrogen and oxygen atoms in total. The van der Waals surface area contributed by atoms with Crippen LogP contribution < -0.4 is 10.6 Å². The van der Waals surface area contributed by atoms with Crippen LogP contribution in [0, 0.1) is 5.92 Å². The van der Waals surface area contributed by atoms with Gasteiger partial charge in [0.05, 0.1) is 5.92 Å². The molecule has 1 saturated heterocycles. The van der Waals surface area contributed by atoms with Gasteiger partial charge in [0.2, 0.25) is 11.8 Å². The number of aliphatic hydroxyl groups is 1. The van der Waals surface area contributed by atoms with E-state index in [-0.39, 0.29) is 30.4 Å². The molecule has 1 heterocycles. The summed E-state index contributed by atoms with van der Waals surface area (Å²) in [7, 11) is 0. The number of nitrogens with one attached hydrogen (secondary N) is 2. The quantitative estimate of drug-likeness (QED) is 0.609. The van der Waals surface area contributed by atoms with E-state index in [1.807, 2.05) is 6.92 Å². The second-order valence-corrected chi connectivity index (χ2v) is 4.17. The molecule has 1 aliphatic rings. The van der Waals surface area contributed by atoms with Crippen LogP contribution in [0.4, 0.5) is 0 Å². The van der Waals surface area contributed by atoms with Crippen molar-refractivity contribution in [3.05, 3.63) is 0 Å². The molecule has 2 atom stereocenters. The van der Waals surface area contributed by atoms with Gasteiger partial charge in [-0.05, 0) is 19.3 Å². The van der Waals surface area contributed by atoms with E-state index in [0.717, 1.165) is 6.42 Å². The zero-order valence-corrected chi connectivity index (χ0v) is 9.66. The molecule has 0 aromatic heterocycles. The Labute approximate surface area is 95.6 Å². The van der Waals surface area contributed by atoms with Crippen LogP contribution in [0.25, 0.3) is 0 Å². The molecule has 3 N–H and O–H groups in total. The Hall–Kier alpha value is -1.10. The van der Waals surface area contributed by atoms with Crippen LogP contribution in [0.3, 0.4) is 0 Å². The number of amides is 2. The highest BCUT2D eigenvalue weighted by Crippen LogP contribution is 2.11. The molecule has 1 aliphatic heterocycles. The first-order valence-electron chi connectivity index (χ1n) is 5.85. The lowest BCUT2D eigenvalue weighted by molar-refractivity contribution is -0.129. The van der Waals surface area contributed by atoms with Crippen molar-refractivity contribution in [3.8, 4) is 0 Å². The summed E-state index contributed by atoms with van der Waals surface area (Å²) in [4.78, 5) is 22.7. The Morgan fingerprint density at radius 1 is 1.69 bits per heavy atom. The normalized spacial score (nSPS) is 22.4. The van der Waals surface area contributed by atoms with Gasteiger partial charge in [-0.15, -0.1) is 0 Å². The van der Waals surface area contributed by atoms with Crippen molar-refractivity contribution in [2.24, 2.45) is 5.92 Å². The fraction of sp³-hybridized carbons (Fsp3) is 0.818. The van der Waals surface area contributed by atoms with Crippen LogP contribution in [0.1, 0.15) is 32.6 Å². The first-order chi connectivity index (χ1) is 7.67. The summed E-state index contributed by atoms with van der Waals surface area (Å²) in [6.07, 6.45) is 2.44. The minimum Gasteiger partial charge on any atom is -0.396 e. The first-order valence-corrected chi connectivity index (χ1v) is 5.85. The van der Waals surface area contributed by atoms with E-state index in [1.165, 1.54) is 0 Å². The molecule has 5 heteroatoms. The maximum Gasteiger partial charge on any atom is 0.225 e. The number of hydrogen-bond donors (Lipinski definition) is 3. The zero-order valence-electron chi connectivity index (χ0n) is 9.66. The maximum absolute atomic E-state index is 11.8. The SMILES string of the molecule is CCC(CCO)NC(=O)C1CCC(=O)NC1. The van der Waals surface area contributed by atoms with Crippen molar-refractivity contribution in [3.63, 3.8) is 0 Å². The fourth-order valence-corrected chi connectivity index (χ4v) is 1.81. The van der Waals surface area contributed by atoms with E-state index >= 15 is 0 Å². The average Bonchev–Trinajstić information content (AvgIpc) is 2.29. The van der Waals surface area contributed by atoms with Crippen molar-refractivity contribution in [2.75, 3.05) is 13.2 Å². The van der Waals surface area contributed by atoms with E-state index in [0.29, 0.717) is 25.8 Å². The third kappa shape index (κ3) is 3.81. The molecule has 0 radical (unpaired) electrons. The smallest absolute Gasteiger partial charge is 0.225 e. The molecule has 0 aromatic rings. The van der Waals surface area contributed by atoms with Gasteiger partial charge < -0.3 is 15.7 Å². The number of rotatable bonds is 5. The number of carbonyl (C=O) groups excluding carboxylic acids is 2. The molecule has 0 bridgehead atoms. The molecule has 1 rings (SSSR count). The van der Waals surface area contributed by atoms with Crippen molar-refractivity contribution in [1.82, 2.24) is 10.6 Å². The van der Waals surface area contributed by atoms with Crippen LogP contribution >= 0.6 is 0 Å². The fourth-order valence-electron chi connectivity index (χ4n) is 1.81. The van der Waals surface area contributed by atoms with Gasteiger partial charge in [-0.25, -0.2) is 0 Å². The molecule has 16 heavy (non-hydrogen) atoms. The Bertz CT molecular complexity index is 246. The van der Waals surface area contributed by atoms with Gasteiger partial charge in [0.15, 0.2) is 0 Å². The number of piperidine rings is 1. The van der Waals surface area contributed by atoms with Crippen molar-refractivity contribution in [2.45, 2.75) is 38.6 Å². The Kier molecular flexibility index (Phi) is 5.25. The number of hydrogen-bond acceptors (Lipinski definition) is 3. The highest BCUT2D eigenvalue weighted by Gasteiger charge is 2.25. The lowest BCUT2D eigenvalue weighted by Gasteiger charge is -2.24. The van der Waals surface area contributed by atoms with E-state index in [1.54, 1.807) is 0 Å². The molecule has 2 unspecified atom stereocenters. The predicted octanol–water partition coefficient (Wildman–Crippen LogP) is -0.210. The van der Waals surface area contributed by atoms with Crippen LogP contribution in [-0.4, -0.2) is 36.1 Å². The third-order valence-corrected chi connectivity index (χ3v) is 2.95. The Balaban J connectivity index is 2.36. The van der Waals surface area contributed by atoms with Crippen LogP contribution in [-0.2, 0) is 9.59 Å². The number of aliphatic hydroxyl groups excluding tert-OH is 1. The van der Waals surface area contributed by atoms with Crippen LogP contribution in [0.2, 0.25) is 0 Å². The van der Waals surface area contributed by atoms with Crippen molar-refractivity contribution in [1.29, 1.82) is 0 Å². The van der Waals surface area contributed by atoms with E-state index in [4.69, 9.17) is 5.11 Å². The van der Waals surface area contributed by atoms with Gasteiger partial charge in [-0.2, -0.15) is 0 Å². The molecular formula is C11H20N2O3. The second-order valence-electron chi connectivity index (χ2n) is 4.17. The zero-order chi connectivity index (χ0) is 12.0. The summed E-state index contributed by atoms with van der Waals surface area (Å²) in [5.41, 5.74) is 0. The molecular weight excluding hydrogens is 208 g/mol. The lowest BCUT2D eigenvalue weighted by Crippen LogP contribution is -2.46. The van der Waals surface area contributed by atoms with Gasteiger partial charge in [0.1, 0.15) is 0 Å². The monoisotopic (exact) mass is 228 g/mol. The highest BCUT2D eigenvalue weighted by atomic mass is 16.3. The van der Waals surface area contributed by atoms with Gasteiger partial charge in [-0.3, -0.25) is 9.59 Å². The van der Waals surface area contributed by atoms with E-state index < -0.39 is 0 Å². The van der Waals surface area contributed by atoms with Gasteiger partial charge >= 0.3 is 0 Å². The molecule has 1 fully saturated rings. The summed E-state index contributed by atoms with van der Waals surface area (Å²) in [6.45, 7) is 2.49. The van der Waals surface area contributed by atoms with Crippen molar-refractivity contribution >= 4 is 11.8 Å². The minimum atomic E-state index is -0.120. The molecule has 0 aliphatic carbocycles. The van der Waals surface area contributed by atoms with Gasteiger partial charge in [0.25, 0.3) is 0 Å². The second kappa shape index (κ2) is 6.48. The maximum atomic E-state index is 11.8.